The third-order valence-corrected chi connectivity index (χ3v) is 4.47. The summed E-state index contributed by atoms with van der Waals surface area (Å²) in [5.41, 5.74) is 3.02. The number of hydrogen-bond donors (Lipinski definition) is 0. The van der Waals surface area contributed by atoms with E-state index >= 15 is 0 Å². The van der Waals surface area contributed by atoms with Crippen molar-refractivity contribution in [3.63, 3.8) is 0 Å². The van der Waals surface area contributed by atoms with Gasteiger partial charge >= 0.3 is 0 Å². The molecule has 1 heterocycles. The van der Waals surface area contributed by atoms with Crippen molar-refractivity contribution in [2.75, 3.05) is 4.90 Å². The number of carbonyl (C=O) groups is 1. The fourth-order valence-corrected chi connectivity index (χ4v) is 3.23. The number of amides is 1. The van der Waals surface area contributed by atoms with E-state index in [1.165, 1.54) is 11.0 Å². The van der Waals surface area contributed by atoms with Crippen LogP contribution in [0.1, 0.15) is 16.7 Å². The summed E-state index contributed by atoms with van der Waals surface area (Å²) >= 11 is 0. The zero-order valence-corrected chi connectivity index (χ0v) is 14.0. The maximum atomic E-state index is 14.5. The van der Waals surface area contributed by atoms with E-state index in [4.69, 9.17) is 0 Å². The van der Waals surface area contributed by atoms with Crippen molar-refractivity contribution in [1.29, 1.82) is 0 Å². The van der Waals surface area contributed by atoms with Gasteiger partial charge in [0.1, 0.15) is 0 Å². The summed E-state index contributed by atoms with van der Waals surface area (Å²) in [7, 11) is 0. The molecule has 4 rings (SSSR count). The molecule has 1 aliphatic rings. The summed E-state index contributed by atoms with van der Waals surface area (Å²) in [6.45, 7) is 1.66. The van der Waals surface area contributed by atoms with E-state index in [0.717, 1.165) is 11.6 Å². The summed E-state index contributed by atoms with van der Waals surface area (Å²) in [5.74, 6) is -2.37. The first-order valence-electron chi connectivity index (χ1n) is 8.23. The highest BCUT2D eigenvalue weighted by Gasteiger charge is 2.36. The number of halogens is 2. The first-order valence-corrected chi connectivity index (χ1v) is 8.23. The Labute approximate surface area is 150 Å². The zero-order chi connectivity index (χ0) is 18.3. The molecule has 0 N–H and O–H groups in total. The Balaban J connectivity index is 1.93. The fraction of sp³-hybridized carbons (Fsp3) is 0.0455. The topological polar surface area (TPSA) is 20.3 Å². The Morgan fingerprint density at radius 1 is 0.885 bits per heavy atom. The standard InChI is InChI=1S/C22H15F2NO/c1-14-11-12-18(23)20(24)21(14)25-19-10-6-5-9-16(19)17(22(25)26)13-15-7-3-2-4-8-15/h2-13H,1H3. The van der Waals surface area contributed by atoms with Crippen molar-refractivity contribution in [3.05, 3.63) is 95.1 Å². The smallest absolute Gasteiger partial charge is 0.263 e. The molecular formula is C22H15F2NO. The molecule has 0 aromatic heterocycles. The number of hydrogen-bond acceptors (Lipinski definition) is 1. The molecule has 0 saturated carbocycles. The van der Waals surface area contributed by atoms with E-state index in [1.54, 1.807) is 25.1 Å². The van der Waals surface area contributed by atoms with Crippen LogP contribution in [0.3, 0.4) is 0 Å². The molecule has 0 aliphatic carbocycles. The van der Waals surface area contributed by atoms with Gasteiger partial charge in [0.15, 0.2) is 11.6 Å². The number of aryl methyl sites for hydroxylation is 1. The van der Waals surface area contributed by atoms with Crippen molar-refractivity contribution >= 4 is 28.9 Å². The van der Waals surface area contributed by atoms with Crippen LogP contribution in [-0.2, 0) is 4.79 Å². The first kappa shape index (κ1) is 16.2. The highest BCUT2D eigenvalue weighted by molar-refractivity contribution is 6.38. The summed E-state index contributed by atoms with van der Waals surface area (Å²) in [5, 5.41) is 0. The fourth-order valence-electron chi connectivity index (χ4n) is 3.23. The maximum Gasteiger partial charge on any atom is 0.263 e. The quantitative estimate of drug-likeness (QED) is 0.561. The largest absolute Gasteiger partial charge is 0.273 e. The molecule has 0 atom stereocenters. The Morgan fingerprint density at radius 3 is 2.35 bits per heavy atom. The highest BCUT2D eigenvalue weighted by atomic mass is 19.2. The van der Waals surface area contributed by atoms with E-state index in [-0.39, 0.29) is 11.6 Å². The number of benzene rings is 3. The van der Waals surface area contributed by atoms with Crippen molar-refractivity contribution in [1.82, 2.24) is 0 Å². The van der Waals surface area contributed by atoms with Gasteiger partial charge in [0.25, 0.3) is 5.91 Å². The zero-order valence-electron chi connectivity index (χ0n) is 14.0. The van der Waals surface area contributed by atoms with E-state index in [0.29, 0.717) is 22.4 Å². The number of anilines is 2. The van der Waals surface area contributed by atoms with Crippen LogP contribution < -0.4 is 4.90 Å². The molecule has 4 heteroatoms. The van der Waals surface area contributed by atoms with Crippen molar-refractivity contribution in [3.8, 4) is 0 Å². The van der Waals surface area contributed by atoms with Crippen molar-refractivity contribution in [2.24, 2.45) is 0 Å². The van der Waals surface area contributed by atoms with Gasteiger partial charge in [0, 0.05) is 5.56 Å². The SMILES string of the molecule is Cc1ccc(F)c(F)c1N1C(=O)C(=Cc2ccccc2)c2ccccc21. The molecule has 128 valence electrons. The first-order chi connectivity index (χ1) is 12.6. The second kappa shape index (κ2) is 6.23. The lowest BCUT2D eigenvalue weighted by Gasteiger charge is -2.20. The Morgan fingerprint density at radius 2 is 1.58 bits per heavy atom. The van der Waals surface area contributed by atoms with Gasteiger partial charge < -0.3 is 0 Å². The molecule has 26 heavy (non-hydrogen) atoms. The average molecular weight is 347 g/mol. The molecular weight excluding hydrogens is 332 g/mol. The lowest BCUT2D eigenvalue weighted by Crippen LogP contribution is -2.23. The third kappa shape index (κ3) is 2.51. The normalized spacial score (nSPS) is 14.8. The average Bonchev–Trinajstić information content (AvgIpc) is 2.92. The summed E-state index contributed by atoms with van der Waals surface area (Å²) < 4.78 is 28.4. The predicted molar refractivity (Wildman–Crippen MR) is 99.0 cm³/mol. The van der Waals surface area contributed by atoms with Gasteiger partial charge in [-0.25, -0.2) is 8.78 Å². The molecule has 2 nitrogen and oxygen atoms in total. The molecule has 0 radical (unpaired) electrons. The minimum atomic E-state index is -1.02. The van der Waals surface area contributed by atoms with Crippen LogP contribution in [-0.4, -0.2) is 5.91 Å². The summed E-state index contributed by atoms with van der Waals surface area (Å²) in [4.78, 5) is 14.4. The van der Waals surface area contributed by atoms with Gasteiger partial charge in [-0.1, -0.05) is 54.6 Å². The third-order valence-electron chi connectivity index (χ3n) is 4.47. The van der Waals surface area contributed by atoms with Gasteiger partial charge in [-0.15, -0.1) is 0 Å². The van der Waals surface area contributed by atoms with Crippen LogP contribution in [0.4, 0.5) is 20.2 Å². The number of rotatable bonds is 2. The number of nitrogens with zero attached hydrogens (tertiary/aromatic N) is 1. The maximum absolute atomic E-state index is 14.5. The van der Waals surface area contributed by atoms with Crippen LogP contribution >= 0.6 is 0 Å². The Kier molecular flexibility index (Phi) is 3.88. The minimum Gasteiger partial charge on any atom is -0.273 e. The van der Waals surface area contributed by atoms with Gasteiger partial charge in [0.2, 0.25) is 0 Å². The summed E-state index contributed by atoms with van der Waals surface area (Å²) in [6.07, 6.45) is 1.77. The Bertz CT molecular complexity index is 1040. The lowest BCUT2D eigenvalue weighted by molar-refractivity contribution is -0.112. The van der Waals surface area contributed by atoms with E-state index in [1.807, 2.05) is 42.5 Å². The summed E-state index contributed by atoms with van der Waals surface area (Å²) in [6, 6.07) is 19.1. The van der Waals surface area contributed by atoms with Crippen LogP contribution in [0.5, 0.6) is 0 Å². The van der Waals surface area contributed by atoms with E-state index in [2.05, 4.69) is 0 Å². The number of para-hydroxylation sites is 1. The molecule has 0 spiro atoms. The van der Waals surface area contributed by atoms with Crippen LogP contribution in [0.2, 0.25) is 0 Å². The van der Waals surface area contributed by atoms with Crippen LogP contribution in [0.15, 0.2) is 66.7 Å². The second-order valence-electron chi connectivity index (χ2n) is 6.15. The monoisotopic (exact) mass is 347 g/mol. The molecule has 0 bridgehead atoms. The van der Waals surface area contributed by atoms with Crippen molar-refractivity contribution in [2.45, 2.75) is 6.92 Å². The lowest BCUT2D eigenvalue weighted by atomic mass is 10.0. The minimum absolute atomic E-state index is 0.0427. The van der Waals surface area contributed by atoms with Gasteiger partial charge in [-0.3, -0.25) is 9.69 Å². The highest BCUT2D eigenvalue weighted by Crippen LogP contribution is 2.44. The van der Waals surface area contributed by atoms with Gasteiger partial charge in [0.05, 0.1) is 16.9 Å². The van der Waals surface area contributed by atoms with Crippen molar-refractivity contribution < 1.29 is 13.6 Å². The van der Waals surface area contributed by atoms with E-state index in [9.17, 15) is 13.6 Å². The molecule has 0 fully saturated rings. The molecule has 3 aromatic rings. The van der Waals surface area contributed by atoms with Gasteiger partial charge in [-0.05, 0) is 36.3 Å². The molecule has 3 aromatic carbocycles. The molecule has 0 unspecified atom stereocenters. The number of fused-ring (bicyclic) bond motifs is 1. The molecule has 1 amide bonds. The molecule has 1 aliphatic heterocycles. The second-order valence-corrected chi connectivity index (χ2v) is 6.15. The molecule has 0 saturated heterocycles. The number of carbonyl (C=O) groups excluding carboxylic acids is 1. The predicted octanol–water partition coefficient (Wildman–Crippen LogP) is 5.49. The van der Waals surface area contributed by atoms with Crippen LogP contribution in [0, 0.1) is 18.6 Å². The van der Waals surface area contributed by atoms with E-state index < -0.39 is 11.6 Å². The van der Waals surface area contributed by atoms with Gasteiger partial charge in [-0.2, -0.15) is 0 Å². The van der Waals surface area contributed by atoms with Crippen LogP contribution in [0.25, 0.3) is 11.6 Å². The Hall–Kier alpha value is -3.27.